The second-order valence-corrected chi connectivity index (χ2v) is 6.66. The van der Waals surface area contributed by atoms with Gasteiger partial charge in [-0.25, -0.2) is 0 Å². The lowest BCUT2D eigenvalue weighted by Gasteiger charge is -2.09. The van der Waals surface area contributed by atoms with Crippen molar-refractivity contribution in [3.63, 3.8) is 0 Å². The second-order valence-electron chi connectivity index (χ2n) is 6.28. The minimum atomic E-state index is -0.208. The Bertz CT molecular complexity index is 1010. The normalized spacial score (nSPS) is 10.5. The van der Waals surface area contributed by atoms with E-state index in [2.05, 4.69) is 20.8 Å². The molecule has 144 valence electrons. The van der Waals surface area contributed by atoms with Crippen LogP contribution in [0.2, 0.25) is 0 Å². The first kappa shape index (κ1) is 19.5. The van der Waals surface area contributed by atoms with Gasteiger partial charge < -0.3 is 10.6 Å². The van der Waals surface area contributed by atoms with Gasteiger partial charge in [0.25, 0.3) is 5.91 Å². The summed E-state index contributed by atoms with van der Waals surface area (Å²) < 4.78 is 2.03. The Balaban J connectivity index is 1.53. The molecule has 3 aromatic rings. The lowest BCUT2D eigenvalue weighted by atomic mass is 10.1. The van der Waals surface area contributed by atoms with Crippen LogP contribution >= 0.6 is 12.2 Å². The summed E-state index contributed by atoms with van der Waals surface area (Å²) >= 11 is 5.25. The molecule has 0 aliphatic carbocycles. The first-order chi connectivity index (χ1) is 13.5. The molecule has 3 N–H and O–H groups in total. The monoisotopic (exact) mass is 395 g/mol. The molecule has 7 nitrogen and oxygen atoms in total. The van der Waals surface area contributed by atoms with E-state index in [0.29, 0.717) is 29.2 Å². The van der Waals surface area contributed by atoms with E-state index in [4.69, 9.17) is 12.2 Å². The number of aromatic nitrogens is 3. The molecule has 0 bridgehead atoms. The third-order valence-corrected chi connectivity index (χ3v) is 4.45. The fourth-order valence-electron chi connectivity index (χ4n) is 2.66. The van der Waals surface area contributed by atoms with Gasteiger partial charge in [-0.3, -0.25) is 19.3 Å². The zero-order chi connectivity index (χ0) is 19.9. The molecule has 0 saturated heterocycles. The van der Waals surface area contributed by atoms with Crippen molar-refractivity contribution in [1.82, 2.24) is 25.4 Å². The van der Waals surface area contributed by atoms with Crippen molar-refractivity contribution in [1.29, 1.82) is 0 Å². The van der Waals surface area contributed by atoms with E-state index in [9.17, 15) is 9.59 Å². The molecule has 0 fully saturated rings. The van der Waals surface area contributed by atoms with E-state index in [0.717, 1.165) is 11.1 Å². The molecule has 0 saturated carbocycles. The molecule has 3 rings (SSSR count). The quantitative estimate of drug-likeness (QED) is 0.423. The van der Waals surface area contributed by atoms with Crippen molar-refractivity contribution in [3.8, 4) is 11.4 Å². The summed E-state index contributed by atoms with van der Waals surface area (Å²) in [7, 11) is 0. The van der Waals surface area contributed by atoms with Gasteiger partial charge in [0, 0.05) is 24.2 Å². The molecule has 0 spiro atoms. The number of H-pyrrole nitrogens is 1. The average Bonchev–Trinajstić information content (AvgIpc) is 3.06. The number of rotatable bonds is 7. The predicted molar refractivity (Wildman–Crippen MR) is 109 cm³/mol. The topological polar surface area (TPSA) is 91.8 Å². The van der Waals surface area contributed by atoms with Crippen LogP contribution in [0.1, 0.15) is 15.9 Å². The Hall–Kier alpha value is -3.26. The number of carbonyl (C=O) groups is 2. The molecule has 0 aliphatic heterocycles. The van der Waals surface area contributed by atoms with Crippen molar-refractivity contribution in [2.75, 3.05) is 13.1 Å². The van der Waals surface area contributed by atoms with Crippen LogP contribution in [-0.4, -0.2) is 39.7 Å². The fraction of sp³-hybridized carbons (Fsp3) is 0.200. The molecule has 2 aromatic carbocycles. The number of benzene rings is 2. The van der Waals surface area contributed by atoms with E-state index in [1.165, 1.54) is 0 Å². The predicted octanol–water partition coefficient (Wildman–Crippen LogP) is 2.46. The Morgan fingerprint density at radius 1 is 1.04 bits per heavy atom. The number of amides is 2. The van der Waals surface area contributed by atoms with Crippen LogP contribution in [0.4, 0.5) is 0 Å². The standard InChI is InChI=1S/C20H21N5O2S/c1-14-7-9-15(10-8-14)18-23-24-20(28)25(18)13-17(26)21-11-12-22-19(27)16-5-3-2-4-6-16/h2-10H,11-13H2,1H3,(H,21,26)(H,22,27)(H,24,28). The van der Waals surface area contributed by atoms with E-state index in [1.807, 2.05) is 37.3 Å². The van der Waals surface area contributed by atoms with Gasteiger partial charge in [0.05, 0.1) is 0 Å². The molecular weight excluding hydrogens is 374 g/mol. The summed E-state index contributed by atoms with van der Waals surface area (Å²) in [6, 6.07) is 16.8. The van der Waals surface area contributed by atoms with Gasteiger partial charge in [0.1, 0.15) is 6.54 Å². The van der Waals surface area contributed by atoms with Crippen molar-refractivity contribution in [2.45, 2.75) is 13.5 Å². The smallest absolute Gasteiger partial charge is 0.251 e. The Morgan fingerprint density at radius 2 is 1.71 bits per heavy atom. The highest BCUT2D eigenvalue weighted by atomic mass is 32.1. The van der Waals surface area contributed by atoms with Gasteiger partial charge in [0.15, 0.2) is 10.6 Å². The molecule has 2 amide bonds. The van der Waals surface area contributed by atoms with Crippen molar-refractivity contribution in [3.05, 3.63) is 70.5 Å². The second kappa shape index (κ2) is 9.09. The summed E-state index contributed by atoms with van der Waals surface area (Å²) in [6.07, 6.45) is 0. The molecule has 28 heavy (non-hydrogen) atoms. The fourth-order valence-corrected chi connectivity index (χ4v) is 2.85. The molecule has 1 aromatic heterocycles. The number of nitrogens with one attached hydrogen (secondary N) is 3. The lowest BCUT2D eigenvalue weighted by molar-refractivity contribution is -0.121. The summed E-state index contributed by atoms with van der Waals surface area (Å²) in [4.78, 5) is 24.2. The minimum Gasteiger partial charge on any atom is -0.353 e. The van der Waals surface area contributed by atoms with Crippen LogP contribution in [0.15, 0.2) is 54.6 Å². The van der Waals surface area contributed by atoms with Crippen molar-refractivity contribution >= 4 is 24.0 Å². The van der Waals surface area contributed by atoms with E-state index in [-0.39, 0.29) is 18.4 Å². The van der Waals surface area contributed by atoms with Crippen molar-refractivity contribution < 1.29 is 9.59 Å². The van der Waals surface area contributed by atoms with Gasteiger partial charge in [-0.2, -0.15) is 5.10 Å². The Morgan fingerprint density at radius 3 is 2.43 bits per heavy atom. The van der Waals surface area contributed by atoms with Crippen LogP contribution in [0.25, 0.3) is 11.4 Å². The first-order valence-corrected chi connectivity index (χ1v) is 9.27. The average molecular weight is 395 g/mol. The van der Waals surface area contributed by atoms with Crippen LogP contribution in [-0.2, 0) is 11.3 Å². The molecule has 1 heterocycles. The van der Waals surface area contributed by atoms with Crippen LogP contribution < -0.4 is 10.6 Å². The highest BCUT2D eigenvalue weighted by Crippen LogP contribution is 2.17. The van der Waals surface area contributed by atoms with Gasteiger partial charge >= 0.3 is 0 Å². The molecular formula is C20H21N5O2S. The van der Waals surface area contributed by atoms with E-state index >= 15 is 0 Å². The molecule has 0 unspecified atom stereocenters. The van der Waals surface area contributed by atoms with E-state index < -0.39 is 0 Å². The van der Waals surface area contributed by atoms with E-state index in [1.54, 1.807) is 28.8 Å². The summed E-state index contributed by atoms with van der Waals surface area (Å²) in [5.74, 6) is 0.228. The maximum Gasteiger partial charge on any atom is 0.251 e. The lowest BCUT2D eigenvalue weighted by Crippen LogP contribution is -2.36. The highest BCUT2D eigenvalue weighted by Gasteiger charge is 2.12. The number of hydrogen-bond donors (Lipinski definition) is 3. The molecule has 0 aliphatic rings. The van der Waals surface area contributed by atoms with Crippen molar-refractivity contribution in [2.24, 2.45) is 0 Å². The molecule has 0 radical (unpaired) electrons. The number of nitrogens with zero attached hydrogens (tertiary/aromatic N) is 2. The molecule has 0 atom stereocenters. The first-order valence-electron chi connectivity index (χ1n) is 8.87. The third kappa shape index (κ3) is 4.92. The maximum absolute atomic E-state index is 12.3. The van der Waals surface area contributed by atoms with Gasteiger partial charge in [-0.15, -0.1) is 0 Å². The summed E-state index contributed by atoms with van der Waals surface area (Å²) in [5.41, 5.74) is 2.60. The van der Waals surface area contributed by atoms with Gasteiger partial charge in [0.2, 0.25) is 5.91 Å². The number of carbonyl (C=O) groups excluding carboxylic acids is 2. The van der Waals surface area contributed by atoms with Gasteiger partial charge in [-0.05, 0) is 31.3 Å². The van der Waals surface area contributed by atoms with Crippen LogP contribution in [0.5, 0.6) is 0 Å². The number of hydrogen-bond acceptors (Lipinski definition) is 4. The summed E-state index contributed by atoms with van der Waals surface area (Å²) in [5, 5.41) is 12.5. The summed E-state index contributed by atoms with van der Waals surface area (Å²) in [6.45, 7) is 2.71. The highest BCUT2D eigenvalue weighted by molar-refractivity contribution is 7.71. The molecule has 8 heteroatoms. The number of aromatic amines is 1. The zero-order valence-electron chi connectivity index (χ0n) is 15.4. The largest absolute Gasteiger partial charge is 0.353 e. The third-order valence-electron chi connectivity index (χ3n) is 4.14. The Kier molecular flexibility index (Phi) is 6.33. The SMILES string of the molecule is Cc1ccc(-c2n[nH]c(=S)n2CC(=O)NCCNC(=O)c2ccccc2)cc1. The van der Waals surface area contributed by atoms with Crippen LogP contribution in [0.3, 0.4) is 0 Å². The van der Waals surface area contributed by atoms with Gasteiger partial charge in [-0.1, -0.05) is 48.0 Å². The maximum atomic E-state index is 12.3. The Labute approximate surface area is 167 Å². The van der Waals surface area contributed by atoms with Crippen LogP contribution in [0, 0.1) is 11.7 Å². The zero-order valence-corrected chi connectivity index (χ0v) is 16.3. The number of aryl methyl sites for hydroxylation is 1. The minimum absolute atomic E-state index is 0.0468.